The lowest BCUT2D eigenvalue weighted by Crippen LogP contribution is -2.25. The molecule has 2 aromatic heterocycles. The van der Waals surface area contributed by atoms with Crippen molar-refractivity contribution in [3.8, 4) is 0 Å². The summed E-state index contributed by atoms with van der Waals surface area (Å²) in [4.78, 5) is 4.48. The standard InChI is InChI=1S/C13H19N3O3S2/c1-3-16-7-13(6-12(16)8-17)21(18,19)14-5-4-11-9-20-10(2)15-11/h6-7,9,14,17H,3-5,8H2,1-2H3. The topological polar surface area (TPSA) is 84.2 Å². The van der Waals surface area contributed by atoms with Crippen LogP contribution in [0.4, 0.5) is 0 Å². The van der Waals surface area contributed by atoms with Crippen molar-refractivity contribution in [2.45, 2.75) is 38.3 Å². The van der Waals surface area contributed by atoms with Crippen molar-refractivity contribution in [3.05, 3.63) is 34.0 Å². The summed E-state index contributed by atoms with van der Waals surface area (Å²) in [5.41, 5.74) is 1.48. The van der Waals surface area contributed by atoms with Crippen LogP contribution in [0.3, 0.4) is 0 Å². The number of hydrogen-bond donors (Lipinski definition) is 2. The summed E-state index contributed by atoms with van der Waals surface area (Å²) < 4.78 is 28.7. The van der Waals surface area contributed by atoms with Gasteiger partial charge >= 0.3 is 0 Å². The van der Waals surface area contributed by atoms with E-state index in [1.54, 1.807) is 22.1 Å². The van der Waals surface area contributed by atoms with Crippen LogP contribution in [-0.4, -0.2) is 29.6 Å². The first-order valence-electron chi connectivity index (χ1n) is 6.67. The Kier molecular flexibility index (Phi) is 5.15. The smallest absolute Gasteiger partial charge is 0.242 e. The quantitative estimate of drug-likeness (QED) is 0.801. The number of aromatic nitrogens is 2. The average molecular weight is 329 g/mol. The largest absolute Gasteiger partial charge is 0.390 e. The number of nitrogens with one attached hydrogen (secondary N) is 1. The van der Waals surface area contributed by atoms with Crippen LogP contribution in [0.25, 0.3) is 0 Å². The lowest BCUT2D eigenvalue weighted by atomic mass is 10.3. The molecule has 6 nitrogen and oxygen atoms in total. The van der Waals surface area contributed by atoms with Crippen LogP contribution in [0.5, 0.6) is 0 Å². The molecule has 8 heteroatoms. The van der Waals surface area contributed by atoms with Gasteiger partial charge < -0.3 is 9.67 Å². The van der Waals surface area contributed by atoms with Gasteiger partial charge in [-0.3, -0.25) is 0 Å². The molecular formula is C13H19N3O3S2. The van der Waals surface area contributed by atoms with E-state index in [2.05, 4.69) is 9.71 Å². The highest BCUT2D eigenvalue weighted by Crippen LogP contribution is 2.15. The maximum Gasteiger partial charge on any atom is 0.242 e. The Bertz CT molecular complexity index is 683. The van der Waals surface area contributed by atoms with Gasteiger partial charge in [0.25, 0.3) is 0 Å². The summed E-state index contributed by atoms with van der Waals surface area (Å²) in [6.45, 7) is 4.55. The van der Waals surface area contributed by atoms with Crippen molar-refractivity contribution in [1.29, 1.82) is 0 Å². The summed E-state index contributed by atoms with van der Waals surface area (Å²) in [5, 5.41) is 12.1. The van der Waals surface area contributed by atoms with Gasteiger partial charge in [0, 0.05) is 36.8 Å². The van der Waals surface area contributed by atoms with Crippen LogP contribution in [0, 0.1) is 6.92 Å². The lowest BCUT2D eigenvalue weighted by Gasteiger charge is -2.03. The fraction of sp³-hybridized carbons (Fsp3) is 0.462. The molecule has 2 N–H and O–H groups in total. The first-order chi connectivity index (χ1) is 9.96. The van der Waals surface area contributed by atoms with E-state index in [0.29, 0.717) is 25.2 Å². The third-order valence-corrected chi connectivity index (χ3v) is 5.36. The normalized spacial score (nSPS) is 12.0. The Labute approximate surface area is 128 Å². The molecule has 0 aromatic carbocycles. The number of thiazole rings is 1. The van der Waals surface area contributed by atoms with E-state index >= 15 is 0 Å². The fourth-order valence-corrected chi connectivity index (χ4v) is 3.76. The minimum absolute atomic E-state index is 0.179. The zero-order valence-electron chi connectivity index (χ0n) is 12.0. The third kappa shape index (κ3) is 3.91. The highest BCUT2D eigenvalue weighted by Gasteiger charge is 2.17. The van der Waals surface area contributed by atoms with Crippen LogP contribution in [0.1, 0.15) is 23.3 Å². The predicted molar refractivity (Wildman–Crippen MR) is 81.8 cm³/mol. The van der Waals surface area contributed by atoms with Gasteiger partial charge in [0.2, 0.25) is 10.0 Å². The monoisotopic (exact) mass is 329 g/mol. The molecule has 0 amide bonds. The molecule has 0 aliphatic rings. The van der Waals surface area contributed by atoms with Crippen LogP contribution >= 0.6 is 11.3 Å². The van der Waals surface area contributed by atoms with Crippen molar-refractivity contribution >= 4 is 21.4 Å². The molecule has 0 aliphatic heterocycles. The van der Waals surface area contributed by atoms with Gasteiger partial charge in [0.05, 0.1) is 22.2 Å². The molecule has 0 aliphatic carbocycles. The molecule has 21 heavy (non-hydrogen) atoms. The molecule has 0 radical (unpaired) electrons. The summed E-state index contributed by atoms with van der Waals surface area (Å²) in [6.07, 6.45) is 2.10. The summed E-state index contributed by atoms with van der Waals surface area (Å²) in [7, 11) is -3.55. The number of hydrogen-bond acceptors (Lipinski definition) is 5. The van der Waals surface area contributed by atoms with Crippen LogP contribution < -0.4 is 4.72 Å². The molecule has 2 aromatic rings. The molecule has 0 unspecified atom stereocenters. The Morgan fingerprint density at radius 3 is 2.76 bits per heavy atom. The summed E-state index contributed by atoms with van der Waals surface area (Å²) >= 11 is 1.55. The number of rotatable bonds is 7. The van der Waals surface area contributed by atoms with E-state index < -0.39 is 10.0 Å². The van der Waals surface area contributed by atoms with Crippen molar-refractivity contribution in [2.75, 3.05) is 6.54 Å². The molecule has 0 spiro atoms. The fourth-order valence-electron chi connectivity index (χ4n) is 2.02. The first-order valence-corrected chi connectivity index (χ1v) is 9.03. The van der Waals surface area contributed by atoms with Crippen molar-refractivity contribution < 1.29 is 13.5 Å². The van der Waals surface area contributed by atoms with Crippen LogP contribution in [0.2, 0.25) is 0 Å². The Morgan fingerprint density at radius 2 is 2.24 bits per heavy atom. The number of aliphatic hydroxyl groups excluding tert-OH is 1. The van der Waals surface area contributed by atoms with Crippen LogP contribution in [0.15, 0.2) is 22.5 Å². The molecule has 0 fully saturated rings. The highest BCUT2D eigenvalue weighted by atomic mass is 32.2. The number of sulfonamides is 1. The van der Waals surface area contributed by atoms with Gasteiger partial charge in [-0.1, -0.05) is 0 Å². The van der Waals surface area contributed by atoms with E-state index in [1.165, 1.54) is 6.07 Å². The van der Waals surface area contributed by atoms with Crippen molar-refractivity contribution in [3.63, 3.8) is 0 Å². The second-order valence-electron chi connectivity index (χ2n) is 4.62. The predicted octanol–water partition coefficient (Wildman–Crippen LogP) is 1.29. The maximum absolute atomic E-state index is 12.2. The molecule has 2 rings (SSSR count). The van der Waals surface area contributed by atoms with E-state index in [0.717, 1.165) is 10.7 Å². The molecule has 0 saturated carbocycles. The molecule has 0 bridgehead atoms. The van der Waals surface area contributed by atoms with Gasteiger partial charge in [0.1, 0.15) is 0 Å². The lowest BCUT2D eigenvalue weighted by molar-refractivity contribution is 0.271. The van der Waals surface area contributed by atoms with Crippen LogP contribution in [-0.2, 0) is 29.6 Å². The zero-order valence-corrected chi connectivity index (χ0v) is 13.7. The molecule has 2 heterocycles. The van der Waals surface area contributed by atoms with E-state index in [9.17, 15) is 13.5 Å². The van der Waals surface area contributed by atoms with Gasteiger partial charge in [-0.25, -0.2) is 18.1 Å². The molecule has 116 valence electrons. The maximum atomic E-state index is 12.2. The third-order valence-electron chi connectivity index (χ3n) is 3.11. The SMILES string of the molecule is CCn1cc(S(=O)(=O)NCCc2csc(C)n2)cc1CO. The summed E-state index contributed by atoms with van der Waals surface area (Å²) in [5.74, 6) is 0. The Balaban J connectivity index is 2.02. The van der Waals surface area contributed by atoms with Crippen molar-refractivity contribution in [1.82, 2.24) is 14.3 Å². The van der Waals surface area contributed by atoms with Gasteiger partial charge in [0.15, 0.2) is 0 Å². The molecular weight excluding hydrogens is 310 g/mol. The Hall–Kier alpha value is -1.22. The first kappa shape index (κ1) is 16.2. The molecule has 0 saturated heterocycles. The van der Waals surface area contributed by atoms with E-state index in [1.807, 2.05) is 19.2 Å². The second kappa shape index (κ2) is 6.69. The number of aliphatic hydroxyl groups is 1. The average Bonchev–Trinajstić information content (AvgIpc) is 3.04. The number of aryl methyl sites for hydroxylation is 2. The molecule has 0 atom stereocenters. The van der Waals surface area contributed by atoms with Gasteiger partial charge in [-0.2, -0.15) is 0 Å². The zero-order chi connectivity index (χ0) is 15.5. The Morgan fingerprint density at radius 1 is 1.48 bits per heavy atom. The van der Waals surface area contributed by atoms with E-state index in [4.69, 9.17) is 0 Å². The summed E-state index contributed by atoms with van der Waals surface area (Å²) in [6, 6.07) is 1.50. The van der Waals surface area contributed by atoms with E-state index in [-0.39, 0.29) is 11.5 Å². The van der Waals surface area contributed by atoms with Crippen molar-refractivity contribution in [2.24, 2.45) is 0 Å². The minimum atomic E-state index is -3.55. The number of nitrogens with zero attached hydrogens (tertiary/aromatic N) is 2. The van der Waals surface area contributed by atoms with Gasteiger partial charge in [-0.15, -0.1) is 11.3 Å². The van der Waals surface area contributed by atoms with Gasteiger partial charge in [-0.05, 0) is 19.9 Å². The minimum Gasteiger partial charge on any atom is -0.390 e. The second-order valence-corrected chi connectivity index (χ2v) is 7.45. The highest BCUT2D eigenvalue weighted by molar-refractivity contribution is 7.89.